The van der Waals surface area contributed by atoms with Crippen molar-refractivity contribution in [3.05, 3.63) is 48.2 Å². The molecule has 0 atom stereocenters. The largest absolute Gasteiger partial charge is 0.480 e. The van der Waals surface area contributed by atoms with Gasteiger partial charge >= 0.3 is 5.97 Å². The highest BCUT2D eigenvalue weighted by molar-refractivity contribution is 5.97. The first-order chi connectivity index (χ1) is 10.6. The predicted molar refractivity (Wildman–Crippen MR) is 82.5 cm³/mol. The van der Waals surface area contributed by atoms with Crippen molar-refractivity contribution in [2.45, 2.75) is 31.2 Å². The van der Waals surface area contributed by atoms with Gasteiger partial charge in [0.25, 0.3) is 5.91 Å². The van der Waals surface area contributed by atoms with Gasteiger partial charge in [0.2, 0.25) is 0 Å². The SMILES string of the molecule is O=C(NC1(C(=O)O)CCCC1)c1ccc(-c2ccccc2)[nH]1. The highest BCUT2D eigenvalue weighted by Gasteiger charge is 2.42. The lowest BCUT2D eigenvalue weighted by molar-refractivity contribution is -0.144. The molecule has 0 radical (unpaired) electrons. The van der Waals surface area contributed by atoms with E-state index in [2.05, 4.69) is 10.3 Å². The minimum atomic E-state index is -1.12. The van der Waals surface area contributed by atoms with E-state index in [1.807, 2.05) is 36.4 Å². The van der Waals surface area contributed by atoms with Crippen molar-refractivity contribution in [2.75, 3.05) is 0 Å². The molecule has 0 aliphatic heterocycles. The average Bonchev–Trinajstić information content (AvgIpc) is 3.18. The van der Waals surface area contributed by atoms with Crippen molar-refractivity contribution in [1.29, 1.82) is 0 Å². The zero-order valence-electron chi connectivity index (χ0n) is 12.1. The van der Waals surface area contributed by atoms with Crippen LogP contribution in [0.5, 0.6) is 0 Å². The molecule has 1 heterocycles. The van der Waals surface area contributed by atoms with E-state index in [4.69, 9.17) is 0 Å². The zero-order valence-corrected chi connectivity index (χ0v) is 12.1. The van der Waals surface area contributed by atoms with E-state index in [-0.39, 0.29) is 5.91 Å². The summed E-state index contributed by atoms with van der Waals surface area (Å²) in [5.41, 5.74) is 1.08. The van der Waals surface area contributed by atoms with Crippen molar-refractivity contribution >= 4 is 11.9 Å². The van der Waals surface area contributed by atoms with E-state index in [0.717, 1.165) is 24.1 Å². The molecule has 1 saturated carbocycles. The standard InChI is InChI=1S/C17H18N2O3/c20-15(19-17(16(21)22)10-4-5-11-17)14-9-8-13(18-14)12-6-2-1-3-7-12/h1-3,6-9,18H,4-5,10-11H2,(H,19,20)(H,21,22). The van der Waals surface area contributed by atoms with Crippen molar-refractivity contribution in [2.24, 2.45) is 0 Å². The number of benzene rings is 1. The molecule has 1 fully saturated rings. The van der Waals surface area contributed by atoms with Gasteiger partial charge in [-0.3, -0.25) is 4.79 Å². The molecular weight excluding hydrogens is 280 g/mol. The Balaban J connectivity index is 1.79. The van der Waals surface area contributed by atoms with Gasteiger partial charge in [0.1, 0.15) is 11.2 Å². The summed E-state index contributed by atoms with van der Waals surface area (Å²) in [6.07, 6.45) is 2.62. The molecular formula is C17H18N2O3. The second-order valence-corrected chi connectivity index (χ2v) is 5.70. The van der Waals surface area contributed by atoms with E-state index in [1.54, 1.807) is 6.07 Å². The minimum Gasteiger partial charge on any atom is -0.480 e. The number of hydrogen-bond donors (Lipinski definition) is 3. The second-order valence-electron chi connectivity index (χ2n) is 5.70. The fourth-order valence-corrected chi connectivity index (χ4v) is 2.97. The van der Waals surface area contributed by atoms with Crippen LogP contribution in [-0.4, -0.2) is 27.5 Å². The normalized spacial score (nSPS) is 16.4. The number of aromatic nitrogens is 1. The second kappa shape index (κ2) is 5.67. The number of aromatic amines is 1. The van der Waals surface area contributed by atoms with Gasteiger partial charge in [-0.2, -0.15) is 0 Å². The Morgan fingerprint density at radius 1 is 1.05 bits per heavy atom. The first kappa shape index (κ1) is 14.4. The number of nitrogens with one attached hydrogen (secondary N) is 2. The molecule has 5 nitrogen and oxygen atoms in total. The van der Waals surface area contributed by atoms with Crippen LogP contribution in [0.2, 0.25) is 0 Å². The third-order valence-corrected chi connectivity index (χ3v) is 4.23. The Bertz CT molecular complexity index is 685. The van der Waals surface area contributed by atoms with E-state index in [1.165, 1.54) is 0 Å². The molecule has 1 aromatic heterocycles. The quantitative estimate of drug-likeness (QED) is 0.811. The molecule has 2 aromatic rings. The number of rotatable bonds is 4. The van der Waals surface area contributed by atoms with Crippen LogP contribution in [-0.2, 0) is 4.79 Å². The fourth-order valence-electron chi connectivity index (χ4n) is 2.97. The predicted octanol–water partition coefficient (Wildman–Crippen LogP) is 2.81. The van der Waals surface area contributed by atoms with E-state index in [0.29, 0.717) is 18.5 Å². The van der Waals surface area contributed by atoms with Crippen LogP contribution in [0, 0.1) is 0 Å². The highest BCUT2D eigenvalue weighted by Crippen LogP contribution is 2.30. The van der Waals surface area contributed by atoms with Gasteiger partial charge in [-0.05, 0) is 30.5 Å². The van der Waals surface area contributed by atoms with Crippen molar-refractivity contribution in [3.8, 4) is 11.3 Å². The Hall–Kier alpha value is -2.56. The Morgan fingerprint density at radius 3 is 2.36 bits per heavy atom. The first-order valence-electron chi connectivity index (χ1n) is 7.41. The number of carbonyl (C=O) groups is 2. The fraction of sp³-hybridized carbons (Fsp3) is 0.294. The number of carboxylic acids is 1. The van der Waals surface area contributed by atoms with Gasteiger partial charge < -0.3 is 15.4 Å². The first-order valence-corrected chi connectivity index (χ1v) is 7.41. The summed E-state index contributed by atoms with van der Waals surface area (Å²) in [6.45, 7) is 0. The Morgan fingerprint density at radius 2 is 1.73 bits per heavy atom. The van der Waals surface area contributed by atoms with Crippen LogP contribution < -0.4 is 5.32 Å². The monoisotopic (exact) mass is 298 g/mol. The zero-order chi connectivity index (χ0) is 15.6. The van der Waals surface area contributed by atoms with Crippen LogP contribution in [0.3, 0.4) is 0 Å². The molecule has 5 heteroatoms. The number of amides is 1. The lowest BCUT2D eigenvalue weighted by atomic mass is 9.97. The van der Waals surface area contributed by atoms with E-state index >= 15 is 0 Å². The highest BCUT2D eigenvalue weighted by atomic mass is 16.4. The number of hydrogen-bond acceptors (Lipinski definition) is 2. The van der Waals surface area contributed by atoms with Gasteiger partial charge in [-0.15, -0.1) is 0 Å². The van der Waals surface area contributed by atoms with Gasteiger partial charge in [-0.1, -0.05) is 43.2 Å². The minimum absolute atomic E-state index is 0.369. The van der Waals surface area contributed by atoms with Gasteiger partial charge in [0.15, 0.2) is 0 Å². The number of aliphatic carboxylic acids is 1. The van der Waals surface area contributed by atoms with Crippen molar-refractivity contribution < 1.29 is 14.7 Å². The molecule has 0 saturated heterocycles. The average molecular weight is 298 g/mol. The van der Waals surface area contributed by atoms with Crippen molar-refractivity contribution in [3.63, 3.8) is 0 Å². The third kappa shape index (κ3) is 2.62. The molecule has 114 valence electrons. The lowest BCUT2D eigenvalue weighted by Crippen LogP contribution is -2.52. The summed E-state index contributed by atoms with van der Waals surface area (Å²) in [6, 6.07) is 13.2. The molecule has 1 aliphatic carbocycles. The summed E-state index contributed by atoms with van der Waals surface area (Å²) < 4.78 is 0. The molecule has 22 heavy (non-hydrogen) atoms. The number of carbonyl (C=O) groups excluding carboxylic acids is 1. The molecule has 3 rings (SSSR count). The smallest absolute Gasteiger partial charge is 0.329 e. The van der Waals surface area contributed by atoms with Crippen LogP contribution in [0.4, 0.5) is 0 Å². The number of H-pyrrole nitrogens is 1. The lowest BCUT2D eigenvalue weighted by Gasteiger charge is -2.24. The molecule has 1 aromatic carbocycles. The van der Waals surface area contributed by atoms with Crippen LogP contribution in [0.1, 0.15) is 36.2 Å². The van der Waals surface area contributed by atoms with Gasteiger partial charge in [0, 0.05) is 5.69 Å². The van der Waals surface area contributed by atoms with E-state index < -0.39 is 11.5 Å². The Kier molecular flexibility index (Phi) is 3.71. The molecule has 3 N–H and O–H groups in total. The summed E-state index contributed by atoms with van der Waals surface area (Å²) in [5.74, 6) is -1.32. The number of carboxylic acid groups (broad SMARTS) is 1. The summed E-state index contributed by atoms with van der Waals surface area (Å²) in [5, 5.41) is 12.1. The molecule has 0 spiro atoms. The van der Waals surface area contributed by atoms with E-state index in [9.17, 15) is 14.7 Å². The van der Waals surface area contributed by atoms with Crippen LogP contribution in [0.15, 0.2) is 42.5 Å². The maximum absolute atomic E-state index is 12.3. The molecule has 1 aliphatic rings. The maximum atomic E-state index is 12.3. The van der Waals surface area contributed by atoms with Crippen molar-refractivity contribution in [1.82, 2.24) is 10.3 Å². The third-order valence-electron chi connectivity index (χ3n) is 4.23. The molecule has 0 bridgehead atoms. The summed E-state index contributed by atoms with van der Waals surface area (Å²) in [4.78, 5) is 26.9. The summed E-state index contributed by atoms with van der Waals surface area (Å²) in [7, 11) is 0. The Labute approximate surface area is 128 Å². The molecule has 0 unspecified atom stereocenters. The van der Waals surface area contributed by atoms with Crippen LogP contribution in [0.25, 0.3) is 11.3 Å². The van der Waals surface area contributed by atoms with Gasteiger partial charge in [-0.25, -0.2) is 4.79 Å². The van der Waals surface area contributed by atoms with Crippen LogP contribution >= 0.6 is 0 Å². The summed E-state index contributed by atoms with van der Waals surface area (Å²) >= 11 is 0. The maximum Gasteiger partial charge on any atom is 0.329 e. The topological polar surface area (TPSA) is 82.2 Å². The molecule has 1 amide bonds. The van der Waals surface area contributed by atoms with Gasteiger partial charge in [0.05, 0.1) is 0 Å².